The number of ether oxygens (including phenoxy) is 1. The molecule has 2 heterocycles. The lowest BCUT2D eigenvalue weighted by molar-refractivity contribution is 0.400. The normalized spacial score (nSPS) is 12.6. The molecule has 0 radical (unpaired) electrons. The topological polar surface area (TPSA) is 64.9 Å². The highest BCUT2D eigenvalue weighted by atomic mass is 32.1. The summed E-state index contributed by atoms with van der Waals surface area (Å²) in [6.45, 7) is 7.76. The van der Waals surface area contributed by atoms with Crippen molar-refractivity contribution in [1.82, 2.24) is 24.7 Å². The van der Waals surface area contributed by atoms with Crippen molar-refractivity contribution in [3.8, 4) is 5.75 Å². The van der Waals surface area contributed by atoms with E-state index in [1.807, 2.05) is 11.6 Å². The number of aromatic nitrogens is 4. The maximum absolute atomic E-state index is 5.43. The highest BCUT2D eigenvalue weighted by Crippen LogP contribution is 2.32. The molecule has 2 aromatic rings. The van der Waals surface area contributed by atoms with Crippen molar-refractivity contribution in [3.05, 3.63) is 22.5 Å². The van der Waals surface area contributed by atoms with Crippen LogP contribution in [-0.4, -0.2) is 33.0 Å². The van der Waals surface area contributed by atoms with Crippen LogP contribution in [-0.2, 0) is 6.54 Å². The molecule has 0 saturated carbocycles. The van der Waals surface area contributed by atoms with E-state index >= 15 is 0 Å². The molecule has 0 fully saturated rings. The number of nitrogens with one attached hydrogen (secondary N) is 1. The minimum atomic E-state index is 0.0161. The first-order chi connectivity index (χ1) is 9.22. The Morgan fingerprint density at radius 3 is 2.79 bits per heavy atom. The molecule has 0 spiro atoms. The Kier molecular flexibility index (Phi) is 4.49. The predicted molar refractivity (Wildman–Crippen MR) is 74.6 cm³/mol. The fourth-order valence-corrected chi connectivity index (χ4v) is 2.82. The van der Waals surface area contributed by atoms with Gasteiger partial charge in [0.05, 0.1) is 29.9 Å². The Morgan fingerprint density at radius 1 is 1.47 bits per heavy atom. The lowest BCUT2D eigenvalue weighted by Gasteiger charge is -2.19. The van der Waals surface area contributed by atoms with Crippen molar-refractivity contribution in [3.63, 3.8) is 0 Å². The summed E-state index contributed by atoms with van der Waals surface area (Å²) in [5.74, 6) is 0.792. The smallest absolute Gasteiger partial charge is 0.161 e. The Balaban J connectivity index is 2.50. The van der Waals surface area contributed by atoms with Gasteiger partial charge in [-0.1, -0.05) is 11.4 Å². The summed E-state index contributed by atoms with van der Waals surface area (Å²) >= 11 is 1.41. The molecule has 0 aliphatic heterocycles. The fraction of sp³-hybridized carbons (Fsp3) is 0.583. The second-order valence-electron chi connectivity index (χ2n) is 4.13. The third-order valence-electron chi connectivity index (χ3n) is 2.99. The van der Waals surface area contributed by atoms with Gasteiger partial charge in [0.1, 0.15) is 5.69 Å². The summed E-state index contributed by atoms with van der Waals surface area (Å²) in [6.07, 6.45) is 1.76. The zero-order valence-electron chi connectivity index (χ0n) is 11.7. The van der Waals surface area contributed by atoms with Crippen LogP contribution < -0.4 is 10.1 Å². The monoisotopic (exact) mass is 281 g/mol. The van der Waals surface area contributed by atoms with Crippen molar-refractivity contribution >= 4 is 11.5 Å². The van der Waals surface area contributed by atoms with Gasteiger partial charge in [-0.2, -0.15) is 5.10 Å². The fourth-order valence-electron chi connectivity index (χ4n) is 2.10. The SMILES string of the molecule is CCNC(c1snnc1C)c1c(OC)cnn1CC. The summed E-state index contributed by atoms with van der Waals surface area (Å²) < 4.78 is 11.4. The summed E-state index contributed by atoms with van der Waals surface area (Å²) in [5, 5.41) is 11.9. The summed E-state index contributed by atoms with van der Waals surface area (Å²) in [7, 11) is 1.67. The molecule has 1 unspecified atom stereocenters. The van der Waals surface area contributed by atoms with Crippen LogP contribution in [0.1, 0.15) is 36.2 Å². The van der Waals surface area contributed by atoms with Crippen LogP contribution in [0, 0.1) is 6.92 Å². The zero-order chi connectivity index (χ0) is 13.8. The minimum Gasteiger partial charge on any atom is -0.493 e. The highest BCUT2D eigenvalue weighted by molar-refractivity contribution is 7.05. The molecule has 6 nitrogen and oxygen atoms in total. The average Bonchev–Trinajstić information content (AvgIpc) is 3.01. The van der Waals surface area contributed by atoms with Gasteiger partial charge in [0.15, 0.2) is 5.75 Å². The minimum absolute atomic E-state index is 0.0161. The van der Waals surface area contributed by atoms with E-state index in [4.69, 9.17) is 4.74 Å². The van der Waals surface area contributed by atoms with Crippen molar-refractivity contribution in [2.75, 3.05) is 13.7 Å². The molecular weight excluding hydrogens is 262 g/mol. The first-order valence-corrected chi connectivity index (χ1v) is 7.12. The molecule has 104 valence electrons. The van der Waals surface area contributed by atoms with Crippen molar-refractivity contribution in [2.24, 2.45) is 0 Å². The molecule has 7 heteroatoms. The number of methoxy groups -OCH3 is 1. The summed E-state index contributed by atoms with van der Waals surface area (Å²) in [5.41, 5.74) is 1.97. The van der Waals surface area contributed by atoms with E-state index in [2.05, 4.69) is 33.8 Å². The van der Waals surface area contributed by atoms with E-state index in [0.717, 1.165) is 35.1 Å². The molecule has 2 rings (SSSR count). The standard InChI is InChI=1S/C12H19N5OS/c1-5-13-10(12-8(3)15-16-19-12)11-9(18-4)7-14-17(11)6-2/h7,10,13H,5-6H2,1-4H3. The van der Waals surface area contributed by atoms with Crippen LogP contribution in [0.4, 0.5) is 0 Å². The van der Waals surface area contributed by atoms with Crippen molar-refractivity contribution in [2.45, 2.75) is 33.4 Å². The van der Waals surface area contributed by atoms with Crippen LogP contribution >= 0.6 is 11.5 Å². The molecule has 1 N–H and O–H groups in total. The molecule has 0 amide bonds. The predicted octanol–water partition coefficient (Wildman–Crippen LogP) is 1.77. The molecule has 0 aromatic carbocycles. The first kappa shape index (κ1) is 14.0. The van der Waals surface area contributed by atoms with E-state index in [-0.39, 0.29) is 6.04 Å². The van der Waals surface area contributed by atoms with Crippen molar-refractivity contribution < 1.29 is 4.74 Å². The van der Waals surface area contributed by atoms with E-state index < -0.39 is 0 Å². The van der Waals surface area contributed by atoms with Crippen LogP contribution in [0.25, 0.3) is 0 Å². The van der Waals surface area contributed by atoms with E-state index in [1.54, 1.807) is 13.3 Å². The van der Waals surface area contributed by atoms with Crippen LogP contribution in [0.15, 0.2) is 6.20 Å². The van der Waals surface area contributed by atoms with Gasteiger partial charge in [0.2, 0.25) is 0 Å². The molecule has 1 atom stereocenters. The summed E-state index contributed by atoms with van der Waals surface area (Å²) in [4.78, 5) is 1.11. The zero-order valence-corrected chi connectivity index (χ0v) is 12.5. The Hall–Kier alpha value is -1.47. The molecule has 19 heavy (non-hydrogen) atoms. The van der Waals surface area contributed by atoms with Gasteiger partial charge in [-0.15, -0.1) is 5.10 Å². The molecule has 2 aromatic heterocycles. The number of nitrogens with zero attached hydrogens (tertiary/aromatic N) is 4. The maximum atomic E-state index is 5.43. The second kappa shape index (κ2) is 6.12. The molecule has 0 saturated heterocycles. The lowest BCUT2D eigenvalue weighted by atomic mass is 10.1. The van der Waals surface area contributed by atoms with Gasteiger partial charge < -0.3 is 10.1 Å². The second-order valence-corrected chi connectivity index (χ2v) is 4.91. The van der Waals surface area contributed by atoms with Crippen LogP contribution in [0.5, 0.6) is 5.75 Å². The molecule has 0 bridgehead atoms. The third kappa shape index (κ3) is 2.62. The summed E-state index contributed by atoms with van der Waals surface area (Å²) in [6, 6.07) is 0.0161. The Labute approximate surface area is 117 Å². The van der Waals surface area contributed by atoms with E-state index in [0.29, 0.717) is 0 Å². The van der Waals surface area contributed by atoms with Gasteiger partial charge in [-0.3, -0.25) is 4.68 Å². The van der Waals surface area contributed by atoms with Gasteiger partial charge in [-0.05, 0) is 31.9 Å². The Morgan fingerprint density at radius 2 is 2.26 bits per heavy atom. The molecular formula is C12H19N5OS. The van der Waals surface area contributed by atoms with Crippen molar-refractivity contribution in [1.29, 1.82) is 0 Å². The van der Waals surface area contributed by atoms with Gasteiger partial charge >= 0.3 is 0 Å². The number of hydrogen-bond donors (Lipinski definition) is 1. The van der Waals surface area contributed by atoms with E-state index in [1.165, 1.54) is 11.5 Å². The van der Waals surface area contributed by atoms with Gasteiger partial charge in [0, 0.05) is 6.54 Å². The average molecular weight is 281 g/mol. The van der Waals surface area contributed by atoms with Crippen LogP contribution in [0.3, 0.4) is 0 Å². The molecule has 0 aliphatic rings. The van der Waals surface area contributed by atoms with E-state index in [9.17, 15) is 0 Å². The quantitative estimate of drug-likeness (QED) is 0.874. The largest absolute Gasteiger partial charge is 0.493 e. The van der Waals surface area contributed by atoms with Crippen LogP contribution in [0.2, 0.25) is 0 Å². The third-order valence-corrected chi connectivity index (χ3v) is 3.89. The number of hydrogen-bond acceptors (Lipinski definition) is 6. The van der Waals surface area contributed by atoms with Gasteiger partial charge in [-0.25, -0.2) is 0 Å². The first-order valence-electron chi connectivity index (χ1n) is 6.34. The van der Waals surface area contributed by atoms with Gasteiger partial charge in [0.25, 0.3) is 0 Å². The Bertz CT molecular complexity index is 514. The lowest BCUT2D eigenvalue weighted by Crippen LogP contribution is -2.25. The highest BCUT2D eigenvalue weighted by Gasteiger charge is 2.26. The number of aryl methyl sites for hydroxylation is 2. The molecule has 0 aliphatic carbocycles. The maximum Gasteiger partial charge on any atom is 0.161 e. The number of rotatable bonds is 6.